The second-order valence-electron chi connectivity index (χ2n) is 5.87. The van der Waals surface area contributed by atoms with Crippen LogP contribution in [0.5, 0.6) is 0 Å². The molecule has 0 atom stereocenters. The number of aromatic nitrogens is 2. The Morgan fingerprint density at radius 1 is 1.13 bits per heavy atom. The maximum absolute atomic E-state index is 12.6. The second-order valence-corrected chi connectivity index (χ2v) is 7.84. The van der Waals surface area contributed by atoms with E-state index in [1.807, 2.05) is 0 Å². The first-order valence-corrected chi connectivity index (χ1v) is 9.54. The fourth-order valence-electron chi connectivity index (χ4n) is 3.17. The van der Waals surface area contributed by atoms with Crippen LogP contribution in [0.25, 0.3) is 5.69 Å². The van der Waals surface area contributed by atoms with Gasteiger partial charge in [0.05, 0.1) is 11.4 Å². The zero-order valence-electron chi connectivity index (χ0n) is 12.4. The lowest BCUT2D eigenvalue weighted by atomic mass is 9.87. The van der Waals surface area contributed by atoms with Crippen LogP contribution in [0.3, 0.4) is 0 Å². The van der Waals surface area contributed by atoms with E-state index in [-0.39, 0.29) is 5.92 Å². The number of halogens is 1. The molecule has 0 amide bonds. The molecule has 3 rings (SSSR count). The summed E-state index contributed by atoms with van der Waals surface area (Å²) in [6.07, 6.45) is 4.77. The number of aromatic amines is 1. The van der Waals surface area contributed by atoms with Crippen molar-refractivity contribution in [2.45, 2.75) is 38.0 Å². The summed E-state index contributed by atoms with van der Waals surface area (Å²) in [5.41, 5.74) is 0.176. The SMILES string of the molecule is O=c1c(P(=O)(O)O)c(C2CCCCC2)[nH]n1-c1ccc(Cl)cc1. The molecule has 2 aromatic rings. The van der Waals surface area contributed by atoms with Gasteiger partial charge in [-0.2, -0.15) is 0 Å². The van der Waals surface area contributed by atoms with Crippen LogP contribution in [-0.2, 0) is 4.57 Å². The lowest BCUT2D eigenvalue weighted by Gasteiger charge is -2.21. The predicted molar refractivity (Wildman–Crippen MR) is 88.9 cm³/mol. The largest absolute Gasteiger partial charge is 0.363 e. The van der Waals surface area contributed by atoms with E-state index in [9.17, 15) is 19.1 Å². The highest BCUT2D eigenvalue weighted by Gasteiger charge is 2.33. The van der Waals surface area contributed by atoms with Crippen molar-refractivity contribution in [1.29, 1.82) is 0 Å². The summed E-state index contributed by atoms with van der Waals surface area (Å²) in [4.78, 5) is 31.9. The van der Waals surface area contributed by atoms with Gasteiger partial charge in [-0.15, -0.1) is 0 Å². The summed E-state index contributed by atoms with van der Waals surface area (Å²) in [6.45, 7) is 0. The van der Waals surface area contributed by atoms with Gasteiger partial charge in [-0.1, -0.05) is 30.9 Å². The molecule has 1 aromatic heterocycles. The third-order valence-corrected chi connectivity index (χ3v) is 5.55. The lowest BCUT2D eigenvalue weighted by molar-refractivity contribution is 0.385. The summed E-state index contributed by atoms with van der Waals surface area (Å²) in [6, 6.07) is 6.52. The van der Waals surface area contributed by atoms with Gasteiger partial charge in [0.25, 0.3) is 5.56 Å². The maximum atomic E-state index is 12.6. The predicted octanol–water partition coefficient (Wildman–Crippen LogP) is 2.67. The summed E-state index contributed by atoms with van der Waals surface area (Å²) >= 11 is 5.85. The molecule has 0 spiro atoms. The number of hydrogen-bond donors (Lipinski definition) is 3. The van der Waals surface area contributed by atoms with E-state index < -0.39 is 18.5 Å². The van der Waals surface area contributed by atoms with E-state index in [0.717, 1.165) is 32.1 Å². The summed E-state index contributed by atoms with van der Waals surface area (Å²) in [7, 11) is -4.66. The Balaban J connectivity index is 2.15. The smallest absolute Gasteiger partial charge is 0.321 e. The van der Waals surface area contributed by atoms with Crippen LogP contribution in [-0.4, -0.2) is 19.6 Å². The van der Waals surface area contributed by atoms with Gasteiger partial charge in [0.15, 0.2) is 5.30 Å². The fraction of sp³-hybridized carbons (Fsp3) is 0.400. The monoisotopic (exact) mass is 356 g/mol. The molecule has 8 heteroatoms. The molecule has 1 heterocycles. The Kier molecular flexibility index (Phi) is 4.52. The molecule has 0 aliphatic heterocycles. The zero-order chi connectivity index (χ0) is 16.6. The molecular weight excluding hydrogens is 339 g/mol. The Morgan fingerprint density at radius 3 is 2.30 bits per heavy atom. The molecule has 124 valence electrons. The van der Waals surface area contributed by atoms with Gasteiger partial charge in [0.2, 0.25) is 0 Å². The van der Waals surface area contributed by atoms with E-state index in [0.29, 0.717) is 16.4 Å². The first-order chi connectivity index (χ1) is 10.9. The molecule has 0 unspecified atom stereocenters. The molecule has 0 radical (unpaired) electrons. The number of rotatable bonds is 3. The first-order valence-electron chi connectivity index (χ1n) is 7.55. The van der Waals surface area contributed by atoms with Gasteiger partial charge in [-0.05, 0) is 37.1 Å². The van der Waals surface area contributed by atoms with Crippen molar-refractivity contribution in [1.82, 2.24) is 9.78 Å². The van der Waals surface area contributed by atoms with Crippen molar-refractivity contribution < 1.29 is 14.4 Å². The van der Waals surface area contributed by atoms with E-state index >= 15 is 0 Å². The van der Waals surface area contributed by atoms with E-state index in [1.54, 1.807) is 24.3 Å². The standard InChI is InChI=1S/C15H18ClN2O4P/c16-11-6-8-12(9-7-11)18-15(19)14(23(20,21)22)13(17-18)10-4-2-1-3-5-10/h6-10,17H,1-5H2,(H2,20,21,22). The molecule has 3 N–H and O–H groups in total. The number of nitrogens with one attached hydrogen (secondary N) is 1. The van der Waals surface area contributed by atoms with Crippen molar-refractivity contribution in [2.24, 2.45) is 0 Å². The lowest BCUT2D eigenvalue weighted by Crippen LogP contribution is -2.29. The Morgan fingerprint density at radius 2 is 1.74 bits per heavy atom. The van der Waals surface area contributed by atoms with Crippen LogP contribution < -0.4 is 10.9 Å². The van der Waals surface area contributed by atoms with Gasteiger partial charge < -0.3 is 9.79 Å². The van der Waals surface area contributed by atoms with Crippen LogP contribution in [0.15, 0.2) is 29.1 Å². The minimum atomic E-state index is -4.66. The number of nitrogens with zero attached hydrogens (tertiary/aromatic N) is 1. The quantitative estimate of drug-likeness (QED) is 0.737. The van der Waals surface area contributed by atoms with Crippen LogP contribution >= 0.6 is 19.2 Å². The Bertz CT molecular complexity index is 800. The van der Waals surface area contributed by atoms with Gasteiger partial charge in [0.1, 0.15) is 0 Å². The van der Waals surface area contributed by atoms with Crippen LogP contribution in [0.2, 0.25) is 5.02 Å². The molecule has 1 fully saturated rings. The van der Waals surface area contributed by atoms with E-state index in [2.05, 4.69) is 5.10 Å². The fourth-order valence-corrected chi connectivity index (χ4v) is 4.20. The number of H-pyrrole nitrogens is 1. The first kappa shape index (κ1) is 16.5. The summed E-state index contributed by atoms with van der Waals surface area (Å²) < 4.78 is 13.0. The molecule has 1 aliphatic rings. The van der Waals surface area contributed by atoms with Crippen molar-refractivity contribution in [3.8, 4) is 5.69 Å². The molecule has 1 aliphatic carbocycles. The Hall–Kier alpha value is -1.33. The number of hydrogen-bond acceptors (Lipinski definition) is 2. The molecule has 0 saturated heterocycles. The van der Waals surface area contributed by atoms with E-state index in [1.165, 1.54) is 4.68 Å². The average Bonchev–Trinajstić information content (AvgIpc) is 2.86. The van der Waals surface area contributed by atoms with E-state index in [4.69, 9.17) is 11.6 Å². The molecule has 1 aromatic carbocycles. The van der Waals surface area contributed by atoms with Gasteiger partial charge in [0, 0.05) is 10.9 Å². The Labute approximate surface area is 138 Å². The van der Waals surface area contributed by atoms with Crippen molar-refractivity contribution in [2.75, 3.05) is 0 Å². The minimum Gasteiger partial charge on any atom is -0.321 e. The van der Waals surface area contributed by atoms with Crippen LogP contribution in [0, 0.1) is 0 Å². The highest BCUT2D eigenvalue weighted by atomic mass is 35.5. The van der Waals surface area contributed by atoms with Gasteiger partial charge in [-0.3, -0.25) is 14.5 Å². The maximum Gasteiger partial charge on any atom is 0.363 e. The highest BCUT2D eigenvalue weighted by molar-refractivity contribution is 7.60. The molecule has 23 heavy (non-hydrogen) atoms. The van der Waals surface area contributed by atoms with Gasteiger partial charge in [-0.25, -0.2) is 4.68 Å². The topological polar surface area (TPSA) is 95.3 Å². The zero-order valence-corrected chi connectivity index (χ0v) is 14.1. The molecule has 1 saturated carbocycles. The van der Waals surface area contributed by atoms with Gasteiger partial charge >= 0.3 is 7.60 Å². The summed E-state index contributed by atoms with van der Waals surface area (Å²) in [5, 5.41) is 3.05. The summed E-state index contributed by atoms with van der Waals surface area (Å²) in [5.74, 6) is -0.0207. The second kappa shape index (κ2) is 6.29. The average molecular weight is 357 g/mol. The third kappa shape index (κ3) is 3.31. The highest BCUT2D eigenvalue weighted by Crippen LogP contribution is 2.38. The normalized spacial score (nSPS) is 16.7. The minimum absolute atomic E-state index is 0.0207. The van der Waals surface area contributed by atoms with Crippen molar-refractivity contribution in [3.63, 3.8) is 0 Å². The molecule has 6 nitrogen and oxygen atoms in total. The van der Waals surface area contributed by atoms with Crippen molar-refractivity contribution in [3.05, 3.63) is 45.3 Å². The molecular formula is C15H18ClN2O4P. The third-order valence-electron chi connectivity index (χ3n) is 4.28. The van der Waals surface area contributed by atoms with Crippen LogP contribution in [0.1, 0.15) is 43.7 Å². The van der Waals surface area contributed by atoms with Crippen molar-refractivity contribution >= 4 is 24.5 Å². The number of benzene rings is 1. The molecule has 0 bridgehead atoms. The van der Waals surface area contributed by atoms with Crippen LogP contribution in [0.4, 0.5) is 0 Å².